The van der Waals surface area contributed by atoms with E-state index >= 15 is 0 Å². The van der Waals surface area contributed by atoms with Gasteiger partial charge in [-0.05, 0) is 17.7 Å². The van der Waals surface area contributed by atoms with Crippen molar-refractivity contribution >= 4 is 5.69 Å². The molecule has 6 heteroatoms. The number of hydrogen-bond donors (Lipinski definition) is 2. The van der Waals surface area contributed by atoms with E-state index in [-0.39, 0.29) is 11.4 Å². The number of hydrogen-bond acceptors (Lipinski definition) is 5. The predicted octanol–water partition coefficient (Wildman–Crippen LogP) is 1.99. The third-order valence-electron chi connectivity index (χ3n) is 2.59. The van der Waals surface area contributed by atoms with Crippen molar-refractivity contribution in [1.29, 1.82) is 0 Å². The number of aromatic nitrogens is 1. The van der Waals surface area contributed by atoms with Gasteiger partial charge in [-0.25, -0.2) is 0 Å². The Morgan fingerprint density at radius 1 is 1.16 bits per heavy atom. The molecule has 1 heterocycles. The van der Waals surface area contributed by atoms with E-state index < -0.39 is 4.92 Å². The van der Waals surface area contributed by atoms with Crippen molar-refractivity contribution in [3.8, 4) is 5.75 Å². The fourth-order valence-electron chi connectivity index (χ4n) is 1.59. The van der Waals surface area contributed by atoms with Gasteiger partial charge in [0.2, 0.25) is 0 Å². The highest BCUT2D eigenvalue weighted by atomic mass is 16.6. The quantitative estimate of drug-likeness (QED) is 0.633. The minimum absolute atomic E-state index is 0.0870. The molecule has 1 aromatic carbocycles. The van der Waals surface area contributed by atoms with Gasteiger partial charge in [-0.3, -0.25) is 15.1 Å². The molecular weight excluding hydrogens is 246 g/mol. The Balaban J connectivity index is 1.85. The zero-order valence-corrected chi connectivity index (χ0v) is 10.1. The molecular formula is C13H13N3O3. The largest absolute Gasteiger partial charge is 0.506 e. The van der Waals surface area contributed by atoms with Crippen LogP contribution in [0, 0.1) is 10.1 Å². The van der Waals surface area contributed by atoms with Crippen LogP contribution < -0.4 is 5.32 Å². The van der Waals surface area contributed by atoms with Gasteiger partial charge in [-0.1, -0.05) is 12.1 Å². The van der Waals surface area contributed by atoms with Crippen LogP contribution in [0.4, 0.5) is 5.69 Å². The molecule has 0 radical (unpaired) electrons. The molecule has 0 atom stereocenters. The minimum atomic E-state index is -0.419. The Morgan fingerprint density at radius 2 is 1.89 bits per heavy atom. The summed E-state index contributed by atoms with van der Waals surface area (Å²) >= 11 is 0. The van der Waals surface area contributed by atoms with Crippen LogP contribution in [0.5, 0.6) is 5.75 Å². The highest BCUT2D eigenvalue weighted by Gasteiger charge is 2.03. The Morgan fingerprint density at radius 3 is 2.47 bits per heavy atom. The number of rotatable bonds is 5. The number of aromatic hydroxyl groups is 1. The fraction of sp³-hybridized carbons (Fsp3) is 0.154. The third-order valence-corrected chi connectivity index (χ3v) is 2.59. The predicted molar refractivity (Wildman–Crippen MR) is 69.5 cm³/mol. The summed E-state index contributed by atoms with van der Waals surface area (Å²) in [5.74, 6) is 0.138. The molecule has 0 unspecified atom stereocenters. The maximum atomic E-state index is 10.5. The van der Waals surface area contributed by atoms with E-state index in [1.54, 1.807) is 24.3 Å². The zero-order valence-electron chi connectivity index (χ0n) is 10.1. The molecule has 19 heavy (non-hydrogen) atoms. The highest BCUT2D eigenvalue weighted by Crippen LogP contribution is 2.12. The number of pyridine rings is 1. The third kappa shape index (κ3) is 3.75. The summed E-state index contributed by atoms with van der Waals surface area (Å²) in [7, 11) is 0. The van der Waals surface area contributed by atoms with Gasteiger partial charge < -0.3 is 10.4 Å². The van der Waals surface area contributed by atoms with Crippen LogP contribution in [0.15, 0.2) is 42.6 Å². The van der Waals surface area contributed by atoms with E-state index in [4.69, 9.17) is 5.11 Å². The first-order valence-corrected chi connectivity index (χ1v) is 5.73. The fourth-order valence-corrected chi connectivity index (χ4v) is 1.59. The monoisotopic (exact) mass is 259 g/mol. The van der Waals surface area contributed by atoms with Gasteiger partial charge in [-0.2, -0.15) is 0 Å². The lowest BCUT2D eigenvalue weighted by Gasteiger charge is -2.04. The molecule has 2 rings (SSSR count). The molecule has 0 aliphatic rings. The SMILES string of the molecule is O=[N+]([O-])c1ccc(CNCc2ccc(O)cn2)cc1. The second kappa shape index (κ2) is 5.92. The molecule has 6 nitrogen and oxygen atoms in total. The number of nitrogens with zero attached hydrogens (tertiary/aromatic N) is 2. The smallest absolute Gasteiger partial charge is 0.269 e. The van der Waals surface area contributed by atoms with Crippen LogP contribution in [0.25, 0.3) is 0 Å². The van der Waals surface area contributed by atoms with Crippen molar-refractivity contribution in [2.45, 2.75) is 13.1 Å². The summed E-state index contributed by atoms with van der Waals surface area (Å²) in [6.07, 6.45) is 1.39. The molecule has 0 aliphatic heterocycles. The first-order chi connectivity index (χ1) is 9.15. The molecule has 0 saturated carbocycles. The maximum Gasteiger partial charge on any atom is 0.269 e. The summed E-state index contributed by atoms with van der Waals surface area (Å²) in [6, 6.07) is 9.71. The van der Waals surface area contributed by atoms with Gasteiger partial charge in [0.15, 0.2) is 0 Å². The topological polar surface area (TPSA) is 88.3 Å². The molecule has 0 bridgehead atoms. The van der Waals surface area contributed by atoms with Crippen molar-refractivity contribution in [3.63, 3.8) is 0 Å². The molecule has 0 amide bonds. The van der Waals surface area contributed by atoms with Crippen LogP contribution in [0.2, 0.25) is 0 Å². The standard InChI is InChI=1S/C13H13N3O3/c17-13-6-3-11(15-9-13)8-14-7-10-1-4-12(5-2-10)16(18)19/h1-6,9,14,17H,7-8H2. The summed E-state index contributed by atoms with van der Waals surface area (Å²) < 4.78 is 0. The van der Waals surface area contributed by atoms with Crippen molar-refractivity contribution in [3.05, 3.63) is 64.0 Å². The van der Waals surface area contributed by atoms with Crippen molar-refractivity contribution in [1.82, 2.24) is 10.3 Å². The van der Waals surface area contributed by atoms with Crippen LogP contribution in [-0.2, 0) is 13.1 Å². The Labute approximate surface area is 109 Å². The second-order valence-electron chi connectivity index (χ2n) is 4.03. The number of nitro benzene ring substituents is 1. The summed E-state index contributed by atoms with van der Waals surface area (Å²) in [4.78, 5) is 14.1. The molecule has 0 spiro atoms. The van der Waals surface area contributed by atoms with Crippen molar-refractivity contribution in [2.24, 2.45) is 0 Å². The van der Waals surface area contributed by atoms with Crippen LogP contribution in [0.1, 0.15) is 11.3 Å². The van der Waals surface area contributed by atoms with Gasteiger partial charge in [0, 0.05) is 25.2 Å². The van der Waals surface area contributed by atoms with Crippen LogP contribution in [0.3, 0.4) is 0 Å². The maximum absolute atomic E-state index is 10.5. The van der Waals surface area contributed by atoms with Gasteiger partial charge in [0.1, 0.15) is 5.75 Å². The lowest BCUT2D eigenvalue weighted by Crippen LogP contribution is -2.13. The average Bonchev–Trinajstić information content (AvgIpc) is 2.41. The second-order valence-corrected chi connectivity index (χ2v) is 4.03. The summed E-state index contributed by atoms with van der Waals surface area (Å²) in [5.41, 5.74) is 1.87. The number of nitrogens with one attached hydrogen (secondary N) is 1. The van der Waals surface area contributed by atoms with Crippen LogP contribution in [-0.4, -0.2) is 15.0 Å². The molecule has 0 aliphatic carbocycles. The van der Waals surface area contributed by atoms with E-state index in [0.717, 1.165) is 11.3 Å². The Bertz CT molecular complexity index is 552. The van der Waals surface area contributed by atoms with E-state index in [9.17, 15) is 10.1 Å². The molecule has 2 aromatic rings. The first kappa shape index (κ1) is 13.0. The van der Waals surface area contributed by atoms with E-state index in [1.807, 2.05) is 0 Å². The van der Waals surface area contributed by atoms with Gasteiger partial charge in [0.05, 0.1) is 16.8 Å². The lowest BCUT2D eigenvalue weighted by molar-refractivity contribution is -0.384. The van der Waals surface area contributed by atoms with E-state index in [2.05, 4.69) is 10.3 Å². The lowest BCUT2D eigenvalue weighted by atomic mass is 10.2. The average molecular weight is 259 g/mol. The Kier molecular flexibility index (Phi) is 4.04. The van der Waals surface area contributed by atoms with E-state index in [1.165, 1.54) is 18.3 Å². The first-order valence-electron chi connectivity index (χ1n) is 5.73. The molecule has 98 valence electrons. The molecule has 0 saturated heterocycles. The Hall–Kier alpha value is -2.47. The molecule has 0 fully saturated rings. The number of benzene rings is 1. The number of non-ortho nitro benzene ring substituents is 1. The molecule has 2 N–H and O–H groups in total. The van der Waals surface area contributed by atoms with Crippen LogP contribution >= 0.6 is 0 Å². The summed E-state index contributed by atoms with van der Waals surface area (Å²) in [6.45, 7) is 1.16. The van der Waals surface area contributed by atoms with Crippen molar-refractivity contribution < 1.29 is 10.0 Å². The summed E-state index contributed by atoms with van der Waals surface area (Å²) in [5, 5.41) is 22.8. The zero-order chi connectivity index (χ0) is 13.7. The normalized spacial score (nSPS) is 10.3. The number of nitro groups is 1. The minimum Gasteiger partial charge on any atom is -0.506 e. The van der Waals surface area contributed by atoms with Crippen molar-refractivity contribution in [2.75, 3.05) is 0 Å². The molecule has 1 aromatic heterocycles. The van der Waals surface area contributed by atoms with E-state index in [0.29, 0.717) is 13.1 Å². The highest BCUT2D eigenvalue weighted by molar-refractivity contribution is 5.32. The van der Waals surface area contributed by atoms with Gasteiger partial charge in [-0.15, -0.1) is 0 Å². The van der Waals surface area contributed by atoms with Gasteiger partial charge in [0.25, 0.3) is 5.69 Å². The van der Waals surface area contributed by atoms with Gasteiger partial charge >= 0.3 is 0 Å².